The zero-order valence-corrected chi connectivity index (χ0v) is 16.9. The quantitative estimate of drug-likeness (QED) is 0.400. The lowest BCUT2D eigenvalue weighted by Crippen LogP contribution is -2.05. The molecule has 0 aromatic heterocycles. The Labute approximate surface area is 167 Å². The van der Waals surface area contributed by atoms with Gasteiger partial charge in [0.15, 0.2) is 0 Å². The van der Waals surface area contributed by atoms with Crippen LogP contribution in [0.5, 0.6) is 0 Å². The summed E-state index contributed by atoms with van der Waals surface area (Å²) in [6, 6.07) is 9.55. The SMILES string of the molecule is C=C(C)C(=O)OCCCC.C=C(C)C(=O)OCc1ccccc1.C=CC(=O)O. The van der Waals surface area contributed by atoms with E-state index in [4.69, 9.17) is 14.6 Å². The molecule has 0 aliphatic carbocycles. The minimum absolute atomic E-state index is 0.284. The van der Waals surface area contributed by atoms with E-state index in [0.29, 0.717) is 24.4 Å². The third-order valence-corrected chi connectivity index (χ3v) is 2.82. The van der Waals surface area contributed by atoms with Crippen LogP contribution in [0.2, 0.25) is 0 Å². The molecule has 1 N–H and O–H groups in total. The number of benzene rings is 1. The van der Waals surface area contributed by atoms with Crippen LogP contribution in [0.15, 0.2) is 67.3 Å². The average molecular weight is 390 g/mol. The van der Waals surface area contributed by atoms with Crippen LogP contribution in [0.25, 0.3) is 0 Å². The van der Waals surface area contributed by atoms with Gasteiger partial charge in [0.1, 0.15) is 6.61 Å². The topological polar surface area (TPSA) is 89.9 Å². The molecular weight excluding hydrogens is 360 g/mol. The number of hydrogen-bond donors (Lipinski definition) is 1. The lowest BCUT2D eigenvalue weighted by molar-refractivity contribution is -0.140. The number of carboxylic acid groups (broad SMARTS) is 1. The molecule has 0 atom stereocenters. The Morgan fingerprint density at radius 1 is 1.00 bits per heavy atom. The number of carboxylic acids is 1. The van der Waals surface area contributed by atoms with E-state index < -0.39 is 5.97 Å². The lowest BCUT2D eigenvalue weighted by Gasteiger charge is -2.03. The van der Waals surface area contributed by atoms with Crippen molar-refractivity contribution in [3.63, 3.8) is 0 Å². The first-order chi connectivity index (χ1) is 13.1. The Morgan fingerprint density at radius 2 is 1.46 bits per heavy atom. The molecule has 6 nitrogen and oxygen atoms in total. The van der Waals surface area contributed by atoms with Crippen LogP contribution < -0.4 is 0 Å². The summed E-state index contributed by atoms with van der Waals surface area (Å²) in [6.45, 7) is 16.1. The van der Waals surface area contributed by atoms with Gasteiger partial charge in [0, 0.05) is 17.2 Å². The normalized spacial score (nSPS) is 8.68. The molecule has 154 valence electrons. The molecule has 0 saturated carbocycles. The van der Waals surface area contributed by atoms with E-state index in [1.54, 1.807) is 13.8 Å². The predicted molar refractivity (Wildman–Crippen MR) is 110 cm³/mol. The van der Waals surface area contributed by atoms with Crippen LogP contribution in [0, 0.1) is 0 Å². The number of carbonyl (C=O) groups is 3. The number of rotatable bonds is 8. The zero-order valence-electron chi connectivity index (χ0n) is 16.9. The van der Waals surface area contributed by atoms with E-state index in [2.05, 4.69) is 26.7 Å². The molecule has 0 amide bonds. The fourth-order valence-corrected chi connectivity index (χ4v) is 1.28. The standard InChI is InChI=1S/C11H12O2.C8H14O2.C3H4O2/c1-9(2)11(12)13-8-10-6-4-3-5-7-10;1-4-5-6-10-8(9)7(2)3;1-2-3(4)5/h3-7H,1,8H2,2H3;2,4-6H2,1,3H3;2H,1H2,(H,4,5). The highest BCUT2D eigenvalue weighted by Gasteiger charge is 2.02. The number of esters is 2. The first-order valence-electron chi connectivity index (χ1n) is 8.70. The van der Waals surface area contributed by atoms with Crippen LogP contribution in [0.1, 0.15) is 39.2 Å². The number of carbonyl (C=O) groups excluding carboxylic acids is 2. The van der Waals surface area contributed by atoms with Crippen LogP contribution >= 0.6 is 0 Å². The Bertz CT molecular complexity index is 646. The van der Waals surface area contributed by atoms with Gasteiger partial charge in [-0.15, -0.1) is 0 Å². The van der Waals surface area contributed by atoms with Gasteiger partial charge in [-0.3, -0.25) is 0 Å². The van der Waals surface area contributed by atoms with Crippen molar-refractivity contribution in [2.24, 2.45) is 0 Å². The molecule has 0 radical (unpaired) electrons. The maximum Gasteiger partial charge on any atom is 0.333 e. The fourth-order valence-electron chi connectivity index (χ4n) is 1.28. The summed E-state index contributed by atoms with van der Waals surface area (Å²) in [5.41, 5.74) is 1.88. The molecule has 0 spiro atoms. The molecule has 0 fully saturated rings. The van der Waals surface area contributed by atoms with Gasteiger partial charge in [-0.25, -0.2) is 14.4 Å². The van der Waals surface area contributed by atoms with Gasteiger partial charge in [-0.2, -0.15) is 0 Å². The number of unbranched alkanes of at least 4 members (excludes halogenated alkanes) is 1. The van der Waals surface area contributed by atoms with Crippen molar-refractivity contribution in [1.29, 1.82) is 0 Å². The van der Waals surface area contributed by atoms with Crippen LogP contribution in [-0.4, -0.2) is 29.6 Å². The first-order valence-corrected chi connectivity index (χ1v) is 8.70. The van der Waals surface area contributed by atoms with Crippen molar-refractivity contribution in [2.45, 2.75) is 40.2 Å². The fraction of sp³-hybridized carbons (Fsp3) is 0.318. The van der Waals surface area contributed by atoms with E-state index in [0.717, 1.165) is 24.5 Å². The molecule has 1 aromatic carbocycles. The molecule has 6 heteroatoms. The number of ether oxygens (including phenoxy) is 2. The molecule has 0 unspecified atom stereocenters. The van der Waals surface area contributed by atoms with Gasteiger partial charge in [0.05, 0.1) is 6.61 Å². The highest BCUT2D eigenvalue weighted by Crippen LogP contribution is 2.02. The van der Waals surface area contributed by atoms with Gasteiger partial charge >= 0.3 is 17.9 Å². The van der Waals surface area contributed by atoms with Crippen molar-refractivity contribution in [3.8, 4) is 0 Å². The highest BCUT2D eigenvalue weighted by molar-refractivity contribution is 5.87. The minimum atomic E-state index is -0.981. The predicted octanol–water partition coefficient (Wildman–Crippen LogP) is 4.47. The summed E-state index contributed by atoms with van der Waals surface area (Å²) in [4.78, 5) is 30.9. The second kappa shape index (κ2) is 17.3. The Kier molecular flexibility index (Phi) is 16.7. The second-order valence-corrected chi connectivity index (χ2v) is 5.65. The van der Waals surface area contributed by atoms with Crippen molar-refractivity contribution in [3.05, 3.63) is 72.9 Å². The summed E-state index contributed by atoms with van der Waals surface area (Å²) in [6.07, 6.45) is 2.81. The first kappa shape index (κ1) is 27.1. The van der Waals surface area contributed by atoms with Crippen LogP contribution in [0.3, 0.4) is 0 Å². The minimum Gasteiger partial charge on any atom is -0.478 e. The van der Waals surface area contributed by atoms with Gasteiger partial charge in [-0.1, -0.05) is 63.4 Å². The second-order valence-electron chi connectivity index (χ2n) is 5.65. The van der Waals surface area contributed by atoms with Crippen molar-refractivity contribution < 1.29 is 29.0 Å². The smallest absolute Gasteiger partial charge is 0.333 e. The molecule has 0 bridgehead atoms. The molecule has 28 heavy (non-hydrogen) atoms. The molecule has 0 heterocycles. The summed E-state index contributed by atoms with van der Waals surface area (Å²) in [7, 11) is 0. The van der Waals surface area contributed by atoms with E-state index in [9.17, 15) is 14.4 Å². The molecule has 0 aliphatic heterocycles. The monoisotopic (exact) mass is 390 g/mol. The summed E-state index contributed by atoms with van der Waals surface area (Å²) >= 11 is 0. The molecule has 0 aliphatic rings. The number of aliphatic carboxylic acids is 1. The zero-order chi connectivity index (χ0) is 21.9. The lowest BCUT2D eigenvalue weighted by atomic mass is 10.2. The Balaban J connectivity index is 0. The van der Waals surface area contributed by atoms with Crippen LogP contribution in [-0.2, 0) is 30.5 Å². The molecule has 1 rings (SSSR count). The third-order valence-electron chi connectivity index (χ3n) is 2.82. The summed E-state index contributed by atoms with van der Waals surface area (Å²) in [5.74, 6) is -1.61. The van der Waals surface area contributed by atoms with Gasteiger partial charge in [0.25, 0.3) is 0 Å². The van der Waals surface area contributed by atoms with Gasteiger partial charge < -0.3 is 14.6 Å². The Morgan fingerprint density at radius 3 is 1.86 bits per heavy atom. The Hall–Kier alpha value is -3.15. The van der Waals surface area contributed by atoms with Crippen LogP contribution in [0.4, 0.5) is 0 Å². The van der Waals surface area contributed by atoms with Gasteiger partial charge in [0.2, 0.25) is 0 Å². The summed E-state index contributed by atoms with van der Waals surface area (Å²) in [5, 5.41) is 7.60. The molecular formula is C22H30O6. The largest absolute Gasteiger partial charge is 0.478 e. The van der Waals surface area contributed by atoms with Crippen molar-refractivity contribution in [1.82, 2.24) is 0 Å². The summed E-state index contributed by atoms with van der Waals surface area (Å²) < 4.78 is 9.76. The van der Waals surface area contributed by atoms with Crippen molar-refractivity contribution >= 4 is 17.9 Å². The van der Waals surface area contributed by atoms with E-state index in [1.165, 1.54) is 0 Å². The highest BCUT2D eigenvalue weighted by atomic mass is 16.5. The van der Waals surface area contributed by atoms with E-state index in [-0.39, 0.29) is 11.9 Å². The van der Waals surface area contributed by atoms with Crippen molar-refractivity contribution in [2.75, 3.05) is 6.61 Å². The molecule has 0 saturated heterocycles. The van der Waals surface area contributed by atoms with E-state index >= 15 is 0 Å². The third kappa shape index (κ3) is 17.7. The maximum atomic E-state index is 11.0. The van der Waals surface area contributed by atoms with E-state index in [1.807, 2.05) is 30.3 Å². The molecule has 1 aromatic rings. The number of hydrogen-bond acceptors (Lipinski definition) is 5. The average Bonchev–Trinajstić information content (AvgIpc) is 2.67. The van der Waals surface area contributed by atoms with Gasteiger partial charge in [-0.05, 0) is 25.8 Å². The maximum absolute atomic E-state index is 11.0.